The van der Waals surface area contributed by atoms with Crippen LogP contribution >= 0.6 is 11.1 Å². The van der Waals surface area contributed by atoms with Crippen molar-refractivity contribution < 1.29 is 0 Å². The minimum atomic E-state index is -2.31. The lowest BCUT2D eigenvalue weighted by molar-refractivity contribution is 1.75. The number of hydrogen-bond donors (Lipinski definition) is 0. The number of fused-ring (bicyclic) bond motifs is 2. The van der Waals surface area contributed by atoms with Gasteiger partial charge in [0.05, 0.1) is 0 Å². The van der Waals surface area contributed by atoms with Gasteiger partial charge in [-0.2, -0.15) is 11.1 Å². The SMILES string of the molecule is C[Si](Cl)(c1cccc2ccccc12)c1cccc2ccccc12. The van der Waals surface area contributed by atoms with E-state index in [1.807, 2.05) is 0 Å². The second kappa shape index (κ2) is 5.52. The van der Waals surface area contributed by atoms with Crippen LogP contribution in [-0.2, 0) is 0 Å². The van der Waals surface area contributed by atoms with Crippen LogP contribution < -0.4 is 10.4 Å². The molecule has 0 heterocycles. The Balaban J connectivity index is 2.02. The Morgan fingerprint density at radius 2 is 0.957 bits per heavy atom. The molecule has 23 heavy (non-hydrogen) atoms. The Kier molecular flexibility index (Phi) is 3.48. The van der Waals surface area contributed by atoms with Gasteiger partial charge in [-0.25, -0.2) is 0 Å². The highest BCUT2D eigenvalue weighted by molar-refractivity contribution is 7.34. The van der Waals surface area contributed by atoms with E-state index in [1.54, 1.807) is 0 Å². The van der Waals surface area contributed by atoms with Crippen molar-refractivity contribution in [1.29, 1.82) is 0 Å². The largest absolute Gasteiger partial charge is 0.215 e. The molecule has 4 rings (SSSR count). The van der Waals surface area contributed by atoms with Crippen molar-refractivity contribution in [2.75, 3.05) is 0 Å². The molecule has 0 aromatic heterocycles. The first-order valence-corrected chi connectivity index (χ1v) is 11.3. The molecule has 0 aliphatic carbocycles. The molecular formula is C21H17ClSi. The third-order valence-corrected chi connectivity index (χ3v) is 8.71. The molecule has 0 fully saturated rings. The zero-order valence-electron chi connectivity index (χ0n) is 13.0. The van der Waals surface area contributed by atoms with Crippen molar-refractivity contribution in [2.24, 2.45) is 0 Å². The zero-order chi connectivity index (χ0) is 15.9. The fraction of sp³-hybridized carbons (Fsp3) is 0.0476. The highest BCUT2D eigenvalue weighted by Gasteiger charge is 2.32. The summed E-state index contributed by atoms with van der Waals surface area (Å²) in [6, 6.07) is 30.0. The van der Waals surface area contributed by atoms with E-state index in [4.69, 9.17) is 11.1 Å². The Labute approximate surface area is 142 Å². The average molecular weight is 333 g/mol. The van der Waals surface area contributed by atoms with E-state index in [2.05, 4.69) is 91.5 Å². The first-order chi connectivity index (χ1) is 11.2. The van der Waals surface area contributed by atoms with Crippen LogP contribution in [0.3, 0.4) is 0 Å². The van der Waals surface area contributed by atoms with Gasteiger partial charge >= 0.3 is 0 Å². The lowest BCUT2D eigenvalue weighted by Gasteiger charge is -2.24. The minimum Gasteiger partial charge on any atom is -0.155 e. The van der Waals surface area contributed by atoms with Gasteiger partial charge in [-0.1, -0.05) is 84.9 Å². The van der Waals surface area contributed by atoms with Crippen LogP contribution in [0.25, 0.3) is 21.5 Å². The highest BCUT2D eigenvalue weighted by atomic mass is 35.6. The molecule has 4 aromatic carbocycles. The maximum Gasteiger partial charge on any atom is 0.215 e. The van der Waals surface area contributed by atoms with Gasteiger partial charge in [0.15, 0.2) is 0 Å². The van der Waals surface area contributed by atoms with Crippen LogP contribution in [0, 0.1) is 0 Å². The summed E-state index contributed by atoms with van der Waals surface area (Å²) in [5.74, 6) is 0. The summed E-state index contributed by atoms with van der Waals surface area (Å²) in [6.45, 7) is 2.23. The molecule has 0 unspecified atom stereocenters. The number of rotatable bonds is 2. The molecule has 2 heteroatoms. The van der Waals surface area contributed by atoms with Crippen molar-refractivity contribution in [2.45, 2.75) is 6.55 Å². The van der Waals surface area contributed by atoms with Gasteiger partial charge in [-0.05, 0) is 38.5 Å². The van der Waals surface area contributed by atoms with E-state index in [-0.39, 0.29) is 0 Å². The maximum absolute atomic E-state index is 7.28. The molecule has 112 valence electrons. The molecule has 0 aliphatic rings. The van der Waals surface area contributed by atoms with Gasteiger partial charge in [0.2, 0.25) is 7.38 Å². The molecule has 0 aliphatic heterocycles. The summed E-state index contributed by atoms with van der Waals surface area (Å²) < 4.78 is 0. The van der Waals surface area contributed by atoms with Gasteiger partial charge in [0.25, 0.3) is 0 Å². The molecule has 0 amide bonds. The minimum absolute atomic E-state index is 1.25. The van der Waals surface area contributed by atoms with E-state index >= 15 is 0 Å². The molecule has 4 aromatic rings. The summed E-state index contributed by atoms with van der Waals surface area (Å²) in [4.78, 5) is 0. The number of halogens is 1. The lowest BCUT2D eigenvalue weighted by Crippen LogP contribution is -2.51. The smallest absolute Gasteiger partial charge is 0.155 e. The van der Waals surface area contributed by atoms with Gasteiger partial charge in [0, 0.05) is 0 Å². The van der Waals surface area contributed by atoms with Crippen molar-refractivity contribution in [3.05, 3.63) is 84.9 Å². The van der Waals surface area contributed by atoms with Crippen LogP contribution in [0.15, 0.2) is 84.9 Å². The molecule has 0 radical (unpaired) electrons. The second-order valence-electron chi connectivity index (χ2n) is 6.06. The topological polar surface area (TPSA) is 0 Å². The maximum atomic E-state index is 7.28. The van der Waals surface area contributed by atoms with Gasteiger partial charge in [-0.3, -0.25) is 0 Å². The van der Waals surface area contributed by atoms with E-state index in [9.17, 15) is 0 Å². The molecule has 0 saturated carbocycles. The number of hydrogen-bond acceptors (Lipinski definition) is 0. The van der Waals surface area contributed by atoms with Crippen LogP contribution in [0.1, 0.15) is 0 Å². The van der Waals surface area contributed by atoms with Gasteiger partial charge < -0.3 is 0 Å². The zero-order valence-corrected chi connectivity index (χ0v) is 14.7. The third kappa shape index (κ3) is 2.37. The molecule has 0 N–H and O–H groups in total. The molecule has 0 nitrogen and oxygen atoms in total. The predicted octanol–water partition coefficient (Wildman–Crippen LogP) is 4.92. The highest BCUT2D eigenvalue weighted by Crippen LogP contribution is 2.22. The summed E-state index contributed by atoms with van der Waals surface area (Å²) >= 11 is 7.28. The van der Waals surface area contributed by atoms with Crippen LogP contribution in [0.5, 0.6) is 0 Å². The average Bonchev–Trinajstić information content (AvgIpc) is 2.60. The van der Waals surface area contributed by atoms with E-state index < -0.39 is 7.38 Å². The number of benzene rings is 4. The van der Waals surface area contributed by atoms with E-state index in [0.717, 1.165) is 0 Å². The van der Waals surface area contributed by atoms with Crippen LogP contribution in [-0.4, -0.2) is 7.38 Å². The van der Waals surface area contributed by atoms with E-state index in [1.165, 1.54) is 31.9 Å². The van der Waals surface area contributed by atoms with Crippen LogP contribution in [0.2, 0.25) is 6.55 Å². The third-order valence-electron chi connectivity index (χ3n) is 4.59. The molecule has 0 atom stereocenters. The standard InChI is InChI=1S/C21H17ClSi/c1-23(22,20-14-6-10-16-8-2-4-12-18(16)20)21-15-7-11-17-9-3-5-13-19(17)21/h2-15H,1H3. The summed E-state index contributed by atoms with van der Waals surface area (Å²) in [7, 11) is -2.31. The monoisotopic (exact) mass is 332 g/mol. The van der Waals surface area contributed by atoms with Crippen molar-refractivity contribution >= 4 is 50.4 Å². The predicted molar refractivity (Wildman–Crippen MR) is 105 cm³/mol. The second-order valence-corrected chi connectivity index (χ2v) is 11.4. The van der Waals surface area contributed by atoms with Crippen LogP contribution in [0.4, 0.5) is 0 Å². The van der Waals surface area contributed by atoms with E-state index in [0.29, 0.717) is 0 Å². The summed E-state index contributed by atoms with van der Waals surface area (Å²) in [5.41, 5.74) is 0. The quantitative estimate of drug-likeness (QED) is 0.361. The Morgan fingerprint density at radius 3 is 1.43 bits per heavy atom. The molecule has 0 saturated heterocycles. The first kappa shape index (κ1) is 14.5. The lowest BCUT2D eigenvalue weighted by atomic mass is 10.1. The Morgan fingerprint density at radius 1 is 0.565 bits per heavy atom. The summed E-state index contributed by atoms with van der Waals surface area (Å²) in [5, 5.41) is 7.62. The summed E-state index contributed by atoms with van der Waals surface area (Å²) in [6.07, 6.45) is 0. The van der Waals surface area contributed by atoms with Crippen molar-refractivity contribution in [3.8, 4) is 0 Å². The molecule has 0 bridgehead atoms. The van der Waals surface area contributed by atoms with Gasteiger partial charge in [0.1, 0.15) is 0 Å². The van der Waals surface area contributed by atoms with Gasteiger partial charge in [-0.15, -0.1) is 0 Å². The fourth-order valence-corrected chi connectivity index (χ4v) is 6.98. The normalized spacial score (nSPS) is 11.9. The van der Waals surface area contributed by atoms with Crippen molar-refractivity contribution in [1.82, 2.24) is 0 Å². The van der Waals surface area contributed by atoms with Crippen molar-refractivity contribution in [3.63, 3.8) is 0 Å². The molecular weight excluding hydrogens is 316 g/mol. The molecule has 0 spiro atoms. The fourth-order valence-electron chi connectivity index (χ4n) is 3.41. The first-order valence-electron chi connectivity index (χ1n) is 7.83. The Bertz CT molecular complexity index is 913. The Hall–Kier alpha value is -2.09.